The van der Waals surface area contributed by atoms with E-state index in [0.717, 1.165) is 29.4 Å². The zero-order chi connectivity index (χ0) is 14.9. The third-order valence-electron chi connectivity index (χ3n) is 4.09. The molecule has 114 valence electrons. The Hall–Kier alpha value is -1.50. The van der Waals surface area contributed by atoms with Crippen molar-refractivity contribution < 1.29 is 0 Å². The highest BCUT2D eigenvalue weighted by Gasteiger charge is 2.29. The van der Waals surface area contributed by atoms with Gasteiger partial charge in [0.15, 0.2) is 5.13 Å². The minimum atomic E-state index is 0.442. The van der Waals surface area contributed by atoms with Gasteiger partial charge in [-0.3, -0.25) is 4.90 Å². The lowest BCUT2D eigenvalue weighted by Gasteiger charge is -2.21. The van der Waals surface area contributed by atoms with Gasteiger partial charge in [0.25, 0.3) is 0 Å². The van der Waals surface area contributed by atoms with Crippen LogP contribution < -0.4 is 5.32 Å². The highest BCUT2D eigenvalue weighted by atomic mass is 32.1. The number of nitrogens with zero attached hydrogens (tertiary/aromatic N) is 3. The van der Waals surface area contributed by atoms with Gasteiger partial charge in [-0.05, 0) is 31.5 Å². The molecule has 2 aromatic heterocycles. The number of likely N-dealkylation sites (tertiary alicyclic amines) is 1. The van der Waals surface area contributed by atoms with Gasteiger partial charge in [0.1, 0.15) is 5.01 Å². The fraction of sp³-hybridized carbons (Fsp3) is 0.375. The molecule has 6 heteroatoms. The molecule has 1 atom stereocenters. The number of fused-ring (bicyclic) bond motifs is 1. The van der Waals surface area contributed by atoms with Crippen molar-refractivity contribution in [3.05, 3.63) is 40.3 Å². The summed E-state index contributed by atoms with van der Waals surface area (Å²) in [6, 6.07) is 8.86. The van der Waals surface area contributed by atoms with Crippen LogP contribution in [0.2, 0.25) is 0 Å². The first-order valence-corrected chi connectivity index (χ1v) is 9.25. The number of anilines is 1. The zero-order valence-electron chi connectivity index (χ0n) is 12.5. The molecule has 0 saturated carbocycles. The Morgan fingerprint density at radius 2 is 2.23 bits per heavy atom. The number of rotatable bonds is 4. The number of thiazole rings is 2. The van der Waals surface area contributed by atoms with Gasteiger partial charge in [-0.15, -0.1) is 22.7 Å². The normalized spacial score (nSPS) is 19.0. The Morgan fingerprint density at radius 1 is 1.32 bits per heavy atom. The molecule has 0 radical (unpaired) electrons. The van der Waals surface area contributed by atoms with E-state index in [2.05, 4.69) is 44.8 Å². The van der Waals surface area contributed by atoms with Gasteiger partial charge in [-0.2, -0.15) is 0 Å². The molecule has 1 aliphatic rings. The SMILES string of the molecule is CNc1nc(CN2CCC[C@@H]2c2nc3ccccc3s2)cs1. The minimum absolute atomic E-state index is 0.442. The van der Waals surface area contributed by atoms with E-state index in [1.165, 1.54) is 22.5 Å². The van der Waals surface area contributed by atoms with Crippen LogP contribution in [0, 0.1) is 0 Å². The van der Waals surface area contributed by atoms with E-state index in [0.29, 0.717) is 6.04 Å². The topological polar surface area (TPSA) is 41.1 Å². The molecule has 1 N–H and O–H groups in total. The number of para-hydroxylation sites is 1. The summed E-state index contributed by atoms with van der Waals surface area (Å²) in [5.41, 5.74) is 2.28. The highest BCUT2D eigenvalue weighted by molar-refractivity contribution is 7.18. The van der Waals surface area contributed by atoms with Crippen LogP contribution in [0.4, 0.5) is 5.13 Å². The third-order valence-corrected chi connectivity index (χ3v) is 6.14. The molecule has 0 aliphatic carbocycles. The zero-order valence-corrected chi connectivity index (χ0v) is 14.1. The summed E-state index contributed by atoms with van der Waals surface area (Å²) in [5, 5.41) is 7.51. The number of hydrogen-bond acceptors (Lipinski definition) is 6. The lowest BCUT2D eigenvalue weighted by atomic mass is 10.2. The first kappa shape index (κ1) is 14.1. The van der Waals surface area contributed by atoms with Gasteiger partial charge in [-0.1, -0.05) is 12.1 Å². The second-order valence-corrected chi connectivity index (χ2v) is 7.46. The Morgan fingerprint density at radius 3 is 3.05 bits per heavy atom. The smallest absolute Gasteiger partial charge is 0.182 e. The molecular weight excluding hydrogens is 312 g/mol. The molecule has 3 aromatic rings. The second-order valence-electron chi connectivity index (χ2n) is 5.54. The highest BCUT2D eigenvalue weighted by Crippen LogP contribution is 2.37. The van der Waals surface area contributed by atoms with Crippen LogP contribution in [0.5, 0.6) is 0 Å². The molecule has 0 spiro atoms. The van der Waals surface area contributed by atoms with E-state index in [1.807, 2.05) is 18.4 Å². The Labute approximate surface area is 137 Å². The largest absolute Gasteiger partial charge is 0.365 e. The van der Waals surface area contributed by atoms with Gasteiger partial charge in [-0.25, -0.2) is 9.97 Å². The molecule has 3 heterocycles. The van der Waals surface area contributed by atoms with Crippen LogP contribution in [0.3, 0.4) is 0 Å². The number of benzene rings is 1. The van der Waals surface area contributed by atoms with E-state index < -0.39 is 0 Å². The summed E-state index contributed by atoms with van der Waals surface area (Å²) >= 11 is 3.51. The molecule has 1 aromatic carbocycles. The van der Waals surface area contributed by atoms with Crippen molar-refractivity contribution in [1.29, 1.82) is 0 Å². The molecule has 0 unspecified atom stereocenters. The van der Waals surface area contributed by atoms with E-state index in [9.17, 15) is 0 Å². The predicted molar refractivity (Wildman–Crippen MR) is 93.7 cm³/mol. The molecule has 0 bridgehead atoms. The van der Waals surface area contributed by atoms with Crippen molar-refractivity contribution in [2.24, 2.45) is 0 Å². The van der Waals surface area contributed by atoms with Crippen LogP contribution in [-0.2, 0) is 6.54 Å². The maximum Gasteiger partial charge on any atom is 0.182 e. The molecular formula is C16H18N4S2. The lowest BCUT2D eigenvalue weighted by molar-refractivity contribution is 0.246. The Kier molecular flexibility index (Phi) is 3.82. The predicted octanol–water partition coefficient (Wildman–Crippen LogP) is 4.13. The monoisotopic (exact) mass is 330 g/mol. The first-order chi connectivity index (χ1) is 10.8. The van der Waals surface area contributed by atoms with Crippen LogP contribution in [0.15, 0.2) is 29.6 Å². The van der Waals surface area contributed by atoms with Crippen molar-refractivity contribution in [3.8, 4) is 0 Å². The summed E-state index contributed by atoms with van der Waals surface area (Å²) in [4.78, 5) is 12.0. The molecule has 22 heavy (non-hydrogen) atoms. The second kappa shape index (κ2) is 5.95. The van der Waals surface area contributed by atoms with Crippen LogP contribution >= 0.6 is 22.7 Å². The maximum absolute atomic E-state index is 4.85. The molecule has 1 aliphatic heterocycles. The number of nitrogens with one attached hydrogen (secondary N) is 1. The third kappa shape index (κ3) is 2.62. The molecule has 0 amide bonds. The minimum Gasteiger partial charge on any atom is -0.365 e. The fourth-order valence-corrected chi connectivity index (χ4v) is 4.83. The Bertz CT molecular complexity index is 746. The van der Waals surface area contributed by atoms with E-state index in [-0.39, 0.29) is 0 Å². The van der Waals surface area contributed by atoms with E-state index in [4.69, 9.17) is 4.98 Å². The number of hydrogen-bond donors (Lipinski definition) is 1. The van der Waals surface area contributed by atoms with Gasteiger partial charge in [0.05, 0.1) is 22.0 Å². The van der Waals surface area contributed by atoms with Gasteiger partial charge in [0.2, 0.25) is 0 Å². The summed E-state index contributed by atoms with van der Waals surface area (Å²) in [7, 11) is 1.92. The summed E-state index contributed by atoms with van der Waals surface area (Å²) in [6.07, 6.45) is 2.44. The molecule has 1 saturated heterocycles. The number of aromatic nitrogens is 2. The summed E-state index contributed by atoms with van der Waals surface area (Å²) in [5.74, 6) is 0. The summed E-state index contributed by atoms with van der Waals surface area (Å²) in [6.45, 7) is 2.05. The first-order valence-electron chi connectivity index (χ1n) is 7.55. The molecule has 4 rings (SSSR count). The van der Waals surface area contributed by atoms with Crippen molar-refractivity contribution in [3.63, 3.8) is 0 Å². The van der Waals surface area contributed by atoms with Gasteiger partial charge in [0, 0.05) is 19.0 Å². The van der Waals surface area contributed by atoms with E-state index in [1.54, 1.807) is 11.3 Å². The van der Waals surface area contributed by atoms with Crippen molar-refractivity contribution in [2.45, 2.75) is 25.4 Å². The summed E-state index contributed by atoms with van der Waals surface area (Å²) < 4.78 is 1.29. The molecule has 1 fully saturated rings. The van der Waals surface area contributed by atoms with Crippen molar-refractivity contribution >= 4 is 38.0 Å². The maximum atomic E-state index is 4.85. The van der Waals surface area contributed by atoms with Crippen LogP contribution in [0.25, 0.3) is 10.2 Å². The van der Waals surface area contributed by atoms with Crippen molar-refractivity contribution in [2.75, 3.05) is 18.9 Å². The Balaban J connectivity index is 1.57. The van der Waals surface area contributed by atoms with Crippen LogP contribution in [-0.4, -0.2) is 28.5 Å². The quantitative estimate of drug-likeness (QED) is 0.781. The average Bonchev–Trinajstić information content (AvgIpc) is 3.25. The fourth-order valence-electron chi connectivity index (χ4n) is 3.03. The average molecular weight is 330 g/mol. The van der Waals surface area contributed by atoms with Gasteiger partial charge < -0.3 is 5.32 Å². The molecule has 4 nitrogen and oxygen atoms in total. The lowest BCUT2D eigenvalue weighted by Crippen LogP contribution is -2.22. The van der Waals surface area contributed by atoms with Gasteiger partial charge >= 0.3 is 0 Å². The standard InChI is InChI=1S/C16H18N4S2/c1-17-16-18-11(10-21-16)9-20-8-4-6-13(20)15-19-12-5-2-3-7-14(12)22-15/h2-3,5,7,10,13H,4,6,8-9H2,1H3,(H,17,18)/t13-/m1/s1. The van der Waals surface area contributed by atoms with Crippen LogP contribution in [0.1, 0.15) is 29.6 Å². The van der Waals surface area contributed by atoms with E-state index >= 15 is 0 Å². The van der Waals surface area contributed by atoms with Crippen molar-refractivity contribution in [1.82, 2.24) is 14.9 Å².